The van der Waals surface area contributed by atoms with Gasteiger partial charge in [-0.1, -0.05) is 0 Å². The summed E-state index contributed by atoms with van der Waals surface area (Å²) in [4.78, 5) is 0. The van der Waals surface area contributed by atoms with Crippen molar-refractivity contribution in [3.63, 3.8) is 0 Å². The van der Waals surface area contributed by atoms with E-state index in [4.69, 9.17) is 0 Å². The maximum atomic E-state index is 13.9. The molecule has 0 amide bonds. The lowest BCUT2D eigenvalue weighted by molar-refractivity contribution is -0.474. The Bertz CT molecular complexity index is 878. The third-order valence-electron chi connectivity index (χ3n) is 5.19. The van der Waals surface area contributed by atoms with E-state index in [1.54, 1.807) is 0 Å². The van der Waals surface area contributed by atoms with Crippen molar-refractivity contribution < 1.29 is 102 Å². The number of halogens is 21. The van der Waals surface area contributed by atoms with E-state index < -0.39 is 93.5 Å². The van der Waals surface area contributed by atoms with E-state index in [9.17, 15) is 97.3 Å². The van der Waals surface area contributed by atoms with Gasteiger partial charge in [0.05, 0.1) is 6.61 Å². The standard InChI is InChI=1S/C16H14F21O2Si/c1-40(2,39-5-4-38)6-3-7(17,18)8(19,20)9(21,22)10(23,24)11(25,26)12(27,28)13(29,30)14(31,32)15(33,34)16(35,36)37/h3-6H2,1-2H3. The number of rotatable bonds is 14. The average molecular weight is 665 g/mol. The predicted octanol–water partition coefficient (Wildman–Crippen LogP) is 8.31. The van der Waals surface area contributed by atoms with Crippen LogP contribution in [0.15, 0.2) is 0 Å². The van der Waals surface area contributed by atoms with Gasteiger partial charge in [-0.15, -0.1) is 0 Å². The largest absolute Gasteiger partial charge is 0.460 e. The van der Waals surface area contributed by atoms with Gasteiger partial charge in [0, 0.05) is 6.42 Å². The Morgan fingerprint density at radius 1 is 0.475 bits per heavy atom. The second-order valence-electron chi connectivity index (χ2n) is 8.61. The molecule has 0 bridgehead atoms. The zero-order valence-electron chi connectivity index (χ0n) is 19.1. The van der Waals surface area contributed by atoms with E-state index >= 15 is 0 Å². The normalized spacial score (nSPS) is 16.5. The molecule has 0 aliphatic carbocycles. The molecule has 0 spiro atoms. The average Bonchev–Trinajstić information content (AvgIpc) is 2.74. The smallest absolute Gasteiger partial charge is 0.415 e. The summed E-state index contributed by atoms with van der Waals surface area (Å²) >= 11 is 0. The van der Waals surface area contributed by atoms with Crippen LogP contribution in [0.1, 0.15) is 6.42 Å². The van der Waals surface area contributed by atoms with Crippen LogP contribution in [0.2, 0.25) is 19.1 Å². The van der Waals surface area contributed by atoms with Crippen molar-refractivity contribution in [3.05, 3.63) is 0 Å². The third kappa shape index (κ3) is 5.55. The third-order valence-corrected chi connectivity index (χ3v) is 7.63. The minimum atomic E-state index is -9.18. The monoisotopic (exact) mass is 665 g/mol. The molecule has 24 heteroatoms. The highest BCUT2D eigenvalue weighted by molar-refractivity contribution is 6.71. The number of hydrogen-bond acceptors (Lipinski definition) is 1. The molecule has 2 nitrogen and oxygen atoms in total. The molecule has 0 aliphatic rings. The predicted molar refractivity (Wildman–Crippen MR) is 89.0 cm³/mol. The van der Waals surface area contributed by atoms with Gasteiger partial charge in [0.15, 0.2) is 8.32 Å². The molecule has 0 fully saturated rings. The molecule has 40 heavy (non-hydrogen) atoms. The van der Waals surface area contributed by atoms with Crippen molar-refractivity contribution in [1.82, 2.24) is 0 Å². The fourth-order valence-electron chi connectivity index (χ4n) is 2.60. The summed E-state index contributed by atoms with van der Waals surface area (Å²) in [6.45, 7) is -0.174. The zero-order valence-corrected chi connectivity index (χ0v) is 20.1. The van der Waals surface area contributed by atoms with E-state index in [2.05, 4.69) is 4.43 Å². The minimum Gasteiger partial charge on any atom is -0.415 e. The molecule has 0 aliphatic heterocycles. The lowest BCUT2D eigenvalue weighted by atomic mass is 9.86. The summed E-state index contributed by atoms with van der Waals surface area (Å²) < 4.78 is 284. The fraction of sp³-hybridized carbons (Fsp3) is 1.00. The van der Waals surface area contributed by atoms with Crippen LogP contribution in [0.5, 0.6) is 0 Å². The summed E-state index contributed by atoms with van der Waals surface area (Å²) in [6, 6.07) is -1.47. The highest BCUT2D eigenvalue weighted by Crippen LogP contribution is 2.66. The molecule has 0 unspecified atom stereocenters. The molecular weight excluding hydrogens is 651 g/mol. The molecule has 0 heterocycles. The molecule has 0 saturated carbocycles. The molecule has 0 N–H and O–H groups in total. The number of hydrogen-bond donors (Lipinski definition) is 0. The van der Waals surface area contributed by atoms with Gasteiger partial charge in [-0.2, -0.15) is 92.2 Å². The van der Waals surface area contributed by atoms with E-state index in [1.165, 1.54) is 0 Å². The molecule has 0 atom stereocenters. The molecule has 0 saturated heterocycles. The molecule has 241 valence electrons. The summed E-state index contributed by atoms with van der Waals surface area (Å²) in [7, 11) is -3.72. The van der Waals surface area contributed by atoms with Crippen LogP contribution >= 0.6 is 0 Å². The van der Waals surface area contributed by atoms with Gasteiger partial charge in [0.25, 0.3) is 0 Å². The maximum Gasteiger partial charge on any atom is 0.460 e. The van der Waals surface area contributed by atoms with Gasteiger partial charge in [0.1, 0.15) is 6.61 Å². The van der Waals surface area contributed by atoms with E-state index in [0.29, 0.717) is 0 Å². The first kappa shape index (κ1) is 38.7. The first-order valence-electron chi connectivity index (χ1n) is 9.71. The van der Waals surface area contributed by atoms with E-state index in [0.717, 1.165) is 13.1 Å². The molecule has 0 aromatic rings. The van der Waals surface area contributed by atoms with Gasteiger partial charge in [0.2, 0.25) is 0 Å². The molecular formula is C16H14F21O2Si. The molecule has 0 aromatic carbocycles. The van der Waals surface area contributed by atoms with Crippen LogP contribution < -0.4 is 0 Å². The lowest BCUT2D eigenvalue weighted by Gasteiger charge is -2.44. The summed E-state index contributed by atoms with van der Waals surface area (Å²) in [5, 5.41) is 10.3. The first-order valence-corrected chi connectivity index (χ1v) is 12.8. The van der Waals surface area contributed by atoms with Crippen molar-refractivity contribution >= 4 is 8.32 Å². The van der Waals surface area contributed by atoms with E-state index in [-0.39, 0.29) is 0 Å². The highest BCUT2D eigenvalue weighted by Gasteiger charge is 2.97. The van der Waals surface area contributed by atoms with E-state index in [1.807, 2.05) is 0 Å². The van der Waals surface area contributed by atoms with Crippen LogP contribution in [-0.2, 0) is 9.53 Å². The van der Waals surface area contributed by atoms with Crippen molar-refractivity contribution in [2.75, 3.05) is 13.2 Å². The molecule has 1 radical (unpaired) electrons. The summed E-state index contributed by atoms with van der Waals surface area (Å²) in [6.07, 6.45) is -10.7. The van der Waals surface area contributed by atoms with Crippen LogP contribution in [0.3, 0.4) is 0 Å². The van der Waals surface area contributed by atoms with Gasteiger partial charge in [-0.05, 0) is 19.1 Å². The highest BCUT2D eigenvalue weighted by atomic mass is 28.4. The Morgan fingerprint density at radius 3 is 1.02 bits per heavy atom. The second kappa shape index (κ2) is 10.4. The van der Waals surface area contributed by atoms with Gasteiger partial charge < -0.3 is 4.43 Å². The Hall–Kier alpha value is -1.33. The van der Waals surface area contributed by atoms with Crippen LogP contribution in [0, 0.1) is 0 Å². The Morgan fingerprint density at radius 2 is 0.750 bits per heavy atom. The van der Waals surface area contributed by atoms with Crippen molar-refractivity contribution in [2.24, 2.45) is 0 Å². The maximum absolute atomic E-state index is 13.9. The Labute approximate surface area is 209 Å². The zero-order chi connectivity index (χ0) is 33.0. The SMILES string of the molecule is C[Si](C)(CCC(F)(F)C(F)(F)C(F)(F)C(F)(F)C(F)(F)C(F)(F)C(F)(F)C(F)(F)C(F)(F)C(F)(F)F)OCC[O]. The summed E-state index contributed by atoms with van der Waals surface area (Å²) in [5.41, 5.74) is 0. The van der Waals surface area contributed by atoms with Crippen LogP contribution in [0.25, 0.3) is 0 Å². The number of alkyl halides is 21. The Kier molecular flexibility index (Phi) is 10.1. The molecule has 0 aromatic heterocycles. The van der Waals surface area contributed by atoms with Crippen molar-refractivity contribution in [2.45, 2.75) is 85.0 Å². The van der Waals surface area contributed by atoms with Crippen molar-refractivity contribution in [3.8, 4) is 0 Å². The molecule has 0 rings (SSSR count). The van der Waals surface area contributed by atoms with Crippen molar-refractivity contribution in [1.29, 1.82) is 0 Å². The van der Waals surface area contributed by atoms with Gasteiger partial charge in [-0.3, -0.25) is 0 Å². The van der Waals surface area contributed by atoms with Crippen LogP contribution in [0.4, 0.5) is 92.2 Å². The second-order valence-corrected chi connectivity index (χ2v) is 12.9. The fourth-order valence-corrected chi connectivity index (χ4v) is 4.29. The van der Waals surface area contributed by atoms with Crippen LogP contribution in [-0.4, -0.2) is 81.0 Å². The Balaban J connectivity index is 6.81. The quantitative estimate of drug-likeness (QED) is 0.136. The topological polar surface area (TPSA) is 29.1 Å². The summed E-state index contributed by atoms with van der Waals surface area (Å²) in [5.74, 6) is -76.9. The lowest BCUT2D eigenvalue weighted by Crippen LogP contribution is -2.76. The first-order chi connectivity index (χ1) is 17.0. The van der Waals surface area contributed by atoms with Gasteiger partial charge in [-0.25, -0.2) is 5.11 Å². The van der Waals surface area contributed by atoms with Gasteiger partial charge >= 0.3 is 59.5 Å². The minimum absolute atomic E-state index is 0.789.